The second kappa shape index (κ2) is 10.1. The third-order valence-electron chi connectivity index (χ3n) is 5.51. The number of fused-ring (bicyclic) bond motifs is 3. The molecule has 1 N–H and O–H groups in total. The van der Waals surface area contributed by atoms with Crippen LogP contribution in [0.2, 0.25) is 0 Å². The van der Waals surface area contributed by atoms with Crippen molar-refractivity contribution in [1.29, 1.82) is 0 Å². The van der Waals surface area contributed by atoms with Crippen molar-refractivity contribution in [2.75, 3.05) is 5.32 Å². The van der Waals surface area contributed by atoms with E-state index >= 15 is 0 Å². The molecule has 8 heteroatoms. The summed E-state index contributed by atoms with van der Waals surface area (Å²) in [6.45, 7) is 6.76. The van der Waals surface area contributed by atoms with Crippen molar-refractivity contribution in [2.24, 2.45) is 0 Å². The smallest absolute Gasteiger partial charge is 0.237 e. The zero-order valence-electron chi connectivity index (χ0n) is 19.0. The standard InChI is InChI=1S/C25H27N5O2S/c1-4-15-30-19-10-8-7-9-18(19)22-23(30)27-25(29-28-22)33-21(6-3)24(32)26-17-13-11-16(12-14-17)20(31)5-2/h7-14,21H,4-6,15H2,1-3H3,(H,26,32)/t21-/m1/s1. The van der Waals surface area contributed by atoms with Crippen LogP contribution in [-0.2, 0) is 11.3 Å². The summed E-state index contributed by atoms with van der Waals surface area (Å²) in [5, 5.41) is 12.9. The van der Waals surface area contributed by atoms with E-state index < -0.39 is 0 Å². The highest BCUT2D eigenvalue weighted by atomic mass is 32.2. The number of carbonyl (C=O) groups is 2. The van der Waals surface area contributed by atoms with Gasteiger partial charge in [0.1, 0.15) is 5.52 Å². The first kappa shape index (κ1) is 22.9. The second-order valence-electron chi connectivity index (χ2n) is 7.79. The van der Waals surface area contributed by atoms with E-state index in [4.69, 9.17) is 4.98 Å². The van der Waals surface area contributed by atoms with Crippen LogP contribution in [0.4, 0.5) is 5.69 Å². The Hall–Kier alpha value is -3.26. The fraction of sp³-hybridized carbons (Fsp3) is 0.320. The first-order chi connectivity index (χ1) is 16.0. The molecule has 0 radical (unpaired) electrons. The monoisotopic (exact) mass is 461 g/mol. The minimum atomic E-state index is -0.370. The lowest BCUT2D eigenvalue weighted by atomic mass is 10.1. The zero-order chi connectivity index (χ0) is 23.4. The highest BCUT2D eigenvalue weighted by Gasteiger charge is 2.22. The van der Waals surface area contributed by atoms with Gasteiger partial charge in [-0.1, -0.05) is 50.7 Å². The molecule has 0 bridgehead atoms. The van der Waals surface area contributed by atoms with Crippen molar-refractivity contribution in [3.05, 3.63) is 54.1 Å². The molecule has 1 atom stereocenters. The number of ketones is 1. The lowest BCUT2D eigenvalue weighted by molar-refractivity contribution is -0.115. The molecular weight excluding hydrogens is 434 g/mol. The first-order valence-electron chi connectivity index (χ1n) is 11.3. The third kappa shape index (κ3) is 4.75. The quantitative estimate of drug-likeness (QED) is 0.262. The van der Waals surface area contributed by atoms with E-state index in [0.29, 0.717) is 29.2 Å². The highest BCUT2D eigenvalue weighted by molar-refractivity contribution is 8.00. The first-order valence-corrected chi connectivity index (χ1v) is 12.2. The summed E-state index contributed by atoms with van der Waals surface area (Å²) in [6, 6.07) is 15.1. The summed E-state index contributed by atoms with van der Waals surface area (Å²) in [6.07, 6.45) is 2.04. The number of Topliss-reactive ketones (excluding diaryl/α,β-unsaturated/α-hetero) is 1. The summed E-state index contributed by atoms with van der Waals surface area (Å²) in [7, 11) is 0. The average molecular weight is 462 g/mol. The van der Waals surface area contributed by atoms with Crippen LogP contribution in [0.1, 0.15) is 50.4 Å². The minimum Gasteiger partial charge on any atom is -0.325 e. The van der Waals surface area contributed by atoms with E-state index in [2.05, 4.69) is 33.1 Å². The number of aromatic nitrogens is 4. The number of thioether (sulfide) groups is 1. The van der Waals surface area contributed by atoms with Crippen LogP contribution in [-0.4, -0.2) is 36.7 Å². The van der Waals surface area contributed by atoms with Crippen molar-refractivity contribution in [2.45, 2.75) is 57.0 Å². The number of nitrogens with one attached hydrogen (secondary N) is 1. The van der Waals surface area contributed by atoms with Gasteiger partial charge in [-0.15, -0.1) is 10.2 Å². The molecule has 0 aliphatic carbocycles. The van der Waals surface area contributed by atoms with Crippen LogP contribution < -0.4 is 5.32 Å². The average Bonchev–Trinajstić information content (AvgIpc) is 3.15. The van der Waals surface area contributed by atoms with Crippen LogP contribution in [0.3, 0.4) is 0 Å². The SMILES string of the molecule is CCCn1c2ccccc2c2nnc(S[C@H](CC)C(=O)Nc3ccc(C(=O)CC)cc3)nc21. The Bertz CT molecular complexity index is 1300. The lowest BCUT2D eigenvalue weighted by Gasteiger charge is -2.14. The van der Waals surface area contributed by atoms with Gasteiger partial charge in [-0.2, -0.15) is 0 Å². The van der Waals surface area contributed by atoms with Crippen molar-refractivity contribution in [1.82, 2.24) is 19.7 Å². The number of hydrogen-bond donors (Lipinski definition) is 1. The number of nitrogens with zero attached hydrogens (tertiary/aromatic N) is 4. The van der Waals surface area contributed by atoms with Crippen molar-refractivity contribution in [3.63, 3.8) is 0 Å². The zero-order valence-corrected chi connectivity index (χ0v) is 19.9. The van der Waals surface area contributed by atoms with Gasteiger partial charge >= 0.3 is 0 Å². The summed E-state index contributed by atoms with van der Waals surface area (Å²) >= 11 is 1.32. The Morgan fingerprint density at radius 3 is 2.48 bits per heavy atom. The topological polar surface area (TPSA) is 89.8 Å². The van der Waals surface area contributed by atoms with E-state index in [0.717, 1.165) is 35.0 Å². The van der Waals surface area contributed by atoms with Crippen LogP contribution in [0, 0.1) is 0 Å². The highest BCUT2D eigenvalue weighted by Crippen LogP contribution is 2.29. The Balaban J connectivity index is 1.55. The van der Waals surface area contributed by atoms with Crippen LogP contribution in [0.15, 0.2) is 53.7 Å². The summed E-state index contributed by atoms with van der Waals surface area (Å²) in [5.41, 5.74) is 3.97. The molecule has 0 unspecified atom stereocenters. The molecule has 33 heavy (non-hydrogen) atoms. The predicted molar refractivity (Wildman–Crippen MR) is 133 cm³/mol. The molecule has 7 nitrogen and oxygen atoms in total. The fourth-order valence-electron chi connectivity index (χ4n) is 3.80. The second-order valence-corrected chi connectivity index (χ2v) is 8.96. The van der Waals surface area contributed by atoms with E-state index in [1.54, 1.807) is 24.3 Å². The molecular formula is C25H27N5O2S. The summed E-state index contributed by atoms with van der Waals surface area (Å²) in [5.74, 6) is -0.0507. The Labute approximate surface area is 197 Å². The van der Waals surface area contributed by atoms with E-state index in [1.807, 2.05) is 32.0 Å². The van der Waals surface area contributed by atoms with E-state index in [-0.39, 0.29) is 16.9 Å². The molecule has 2 heterocycles. The van der Waals surface area contributed by atoms with Crippen molar-refractivity contribution < 1.29 is 9.59 Å². The third-order valence-corrected chi connectivity index (χ3v) is 6.72. The Morgan fingerprint density at radius 1 is 1.03 bits per heavy atom. The molecule has 4 aromatic rings. The van der Waals surface area contributed by atoms with Gasteiger partial charge < -0.3 is 9.88 Å². The number of aryl methyl sites for hydroxylation is 1. The van der Waals surface area contributed by atoms with Crippen LogP contribution in [0.25, 0.3) is 22.1 Å². The Morgan fingerprint density at radius 2 is 1.79 bits per heavy atom. The number of amides is 1. The maximum absolute atomic E-state index is 12.9. The predicted octanol–water partition coefficient (Wildman–Crippen LogP) is 5.49. The molecule has 0 saturated heterocycles. The molecule has 4 rings (SSSR count). The normalized spacial score (nSPS) is 12.2. The molecule has 2 aromatic heterocycles. The molecule has 170 valence electrons. The minimum absolute atomic E-state index is 0.0791. The molecule has 2 aromatic carbocycles. The number of carbonyl (C=O) groups excluding carboxylic acids is 2. The van der Waals surface area contributed by atoms with Crippen LogP contribution in [0.5, 0.6) is 0 Å². The van der Waals surface area contributed by atoms with Gasteiger partial charge in [-0.05, 0) is 43.2 Å². The van der Waals surface area contributed by atoms with Gasteiger partial charge in [0.15, 0.2) is 11.4 Å². The number of rotatable bonds is 9. The van der Waals surface area contributed by atoms with Gasteiger partial charge in [-0.3, -0.25) is 9.59 Å². The number of para-hydroxylation sites is 1. The molecule has 0 aliphatic heterocycles. The van der Waals surface area contributed by atoms with Gasteiger partial charge in [0.25, 0.3) is 0 Å². The van der Waals surface area contributed by atoms with E-state index in [9.17, 15) is 9.59 Å². The molecule has 0 aliphatic rings. The Kier molecular flexibility index (Phi) is 7.03. The van der Waals surface area contributed by atoms with Gasteiger partial charge in [0, 0.05) is 29.6 Å². The number of hydrogen-bond acceptors (Lipinski definition) is 6. The lowest BCUT2D eigenvalue weighted by Crippen LogP contribution is -2.25. The maximum Gasteiger partial charge on any atom is 0.237 e. The number of anilines is 1. The van der Waals surface area contributed by atoms with Gasteiger partial charge in [-0.25, -0.2) is 4.98 Å². The molecule has 0 fully saturated rings. The number of benzene rings is 2. The van der Waals surface area contributed by atoms with Gasteiger partial charge in [0.05, 0.1) is 10.8 Å². The molecule has 1 amide bonds. The van der Waals surface area contributed by atoms with Gasteiger partial charge in [0.2, 0.25) is 11.1 Å². The largest absolute Gasteiger partial charge is 0.325 e. The van der Waals surface area contributed by atoms with Crippen LogP contribution >= 0.6 is 11.8 Å². The fourth-order valence-corrected chi connectivity index (χ4v) is 4.62. The van der Waals surface area contributed by atoms with Crippen molar-refractivity contribution >= 4 is 51.2 Å². The van der Waals surface area contributed by atoms with Crippen molar-refractivity contribution in [3.8, 4) is 0 Å². The van der Waals surface area contributed by atoms with E-state index in [1.165, 1.54) is 11.8 Å². The molecule has 0 spiro atoms. The maximum atomic E-state index is 12.9. The molecule has 0 saturated carbocycles. The summed E-state index contributed by atoms with van der Waals surface area (Å²) in [4.78, 5) is 29.5. The summed E-state index contributed by atoms with van der Waals surface area (Å²) < 4.78 is 2.17.